The Balaban J connectivity index is 2.75. The molecule has 0 unspecified atom stereocenters. The third kappa shape index (κ3) is 3.67. The van der Waals surface area contributed by atoms with E-state index >= 15 is 0 Å². The van der Waals surface area contributed by atoms with Crippen LogP contribution in [0.4, 0.5) is 4.39 Å². The van der Waals surface area contributed by atoms with Gasteiger partial charge in [-0.05, 0) is 24.6 Å². The highest BCUT2D eigenvalue weighted by molar-refractivity contribution is 6.36. The Bertz CT molecular complexity index is 392. The van der Waals surface area contributed by atoms with Crippen molar-refractivity contribution in [2.45, 2.75) is 13.0 Å². The first kappa shape index (κ1) is 13.3. The number of rotatable bonds is 4. The van der Waals surface area contributed by atoms with Crippen LogP contribution in [0.3, 0.4) is 0 Å². The minimum Gasteiger partial charge on any atom is -0.485 e. The molecule has 88 valence electrons. The maximum Gasteiger partial charge on any atom is 0.165 e. The van der Waals surface area contributed by atoms with Gasteiger partial charge in [-0.2, -0.15) is 0 Å². The van der Waals surface area contributed by atoms with Crippen LogP contribution in [-0.4, -0.2) is 11.7 Å². The minimum absolute atomic E-state index is 0.00992. The van der Waals surface area contributed by atoms with Crippen molar-refractivity contribution in [2.75, 3.05) is 6.61 Å². The Morgan fingerprint density at radius 1 is 1.62 bits per heavy atom. The van der Waals surface area contributed by atoms with Crippen LogP contribution in [0.1, 0.15) is 18.6 Å². The first-order valence-electron chi connectivity index (χ1n) is 4.59. The summed E-state index contributed by atoms with van der Waals surface area (Å²) < 4.78 is 18.5. The summed E-state index contributed by atoms with van der Waals surface area (Å²) in [5.41, 5.74) is 1.65. The van der Waals surface area contributed by atoms with Gasteiger partial charge in [0, 0.05) is 5.54 Å². The summed E-state index contributed by atoms with van der Waals surface area (Å²) in [7, 11) is 0. The van der Waals surface area contributed by atoms with Gasteiger partial charge in [-0.25, -0.2) is 4.39 Å². The lowest BCUT2D eigenvalue weighted by Crippen LogP contribution is -2.00. The Labute approximate surface area is 103 Å². The van der Waals surface area contributed by atoms with Crippen molar-refractivity contribution in [3.8, 4) is 5.75 Å². The maximum absolute atomic E-state index is 13.4. The molecule has 1 rings (SSSR count). The van der Waals surface area contributed by atoms with Crippen LogP contribution < -0.4 is 4.74 Å². The summed E-state index contributed by atoms with van der Waals surface area (Å²) in [6.45, 7) is 1.57. The van der Waals surface area contributed by atoms with Crippen LogP contribution in [0.5, 0.6) is 5.75 Å². The van der Waals surface area contributed by atoms with E-state index in [0.717, 1.165) is 5.54 Å². The van der Waals surface area contributed by atoms with Crippen molar-refractivity contribution in [3.05, 3.63) is 40.1 Å². The van der Waals surface area contributed by atoms with Gasteiger partial charge in [-0.3, -0.25) is 0 Å². The molecule has 0 bridgehead atoms. The van der Waals surface area contributed by atoms with Gasteiger partial charge in [0.1, 0.15) is 6.61 Å². The molecule has 16 heavy (non-hydrogen) atoms. The standard InChI is InChI=1S/C11H11Cl2FO2/c1-7(15)8-2-3-11(10(14)4-8)16-6-9(13)5-12/h2-5,7,15H,6H2,1H3/b9-5-/t7-/m1/s1. The topological polar surface area (TPSA) is 29.5 Å². The van der Waals surface area contributed by atoms with E-state index in [4.69, 9.17) is 27.9 Å². The van der Waals surface area contributed by atoms with Gasteiger partial charge >= 0.3 is 0 Å². The molecule has 0 saturated carbocycles. The number of hydrogen-bond acceptors (Lipinski definition) is 2. The fourth-order valence-electron chi connectivity index (χ4n) is 1.07. The van der Waals surface area contributed by atoms with Crippen LogP contribution in [0, 0.1) is 5.82 Å². The van der Waals surface area contributed by atoms with E-state index in [-0.39, 0.29) is 17.4 Å². The summed E-state index contributed by atoms with van der Waals surface area (Å²) in [4.78, 5) is 0. The lowest BCUT2D eigenvalue weighted by atomic mass is 10.1. The third-order valence-corrected chi connectivity index (χ3v) is 2.52. The zero-order valence-electron chi connectivity index (χ0n) is 8.58. The summed E-state index contributed by atoms with van der Waals surface area (Å²) in [5, 5.41) is 9.52. The number of ether oxygens (including phenoxy) is 1. The molecule has 0 saturated heterocycles. The molecule has 2 nitrogen and oxygen atoms in total. The van der Waals surface area contributed by atoms with Crippen LogP contribution in [-0.2, 0) is 0 Å². The molecule has 1 aromatic carbocycles. The van der Waals surface area contributed by atoms with Gasteiger partial charge in [0.25, 0.3) is 0 Å². The van der Waals surface area contributed by atoms with Gasteiger partial charge in [0.2, 0.25) is 0 Å². The van der Waals surface area contributed by atoms with Gasteiger partial charge in [0.05, 0.1) is 11.1 Å². The Morgan fingerprint density at radius 3 is 2.81 bits per heavy atom. The highest BCUT2D eigenvalue weighted by Gasteiger charge is 2.08. The van der Waals surface area contributed by atoms with E-state index in [2.05, 4.69) is 0 Å². The van der Waals surface area contributed by atoms with Crippen molar-refractivity contribution in [1.82, 2.24) is 0 Å². The molecule has 0 amide bonds. The SMILES string of the molecule is C[C@@H](O)c1ccc(OC/C(Cl)=C/Cl)c(F)c1. The quantitative estimate of drug-likeness (QED) is 0.901. The molecule has 0 spiro atoms. The second kappa shape index (κ2) is 6.09. The lowest BCUT2D eigenvalue weighted by molar-refractivity contribution is 0.198. The first-order chi connectivity index (χ1) is 7.54. The predicted octanol–water partition coefficient (Wildman–Crippen LogP) is 3.58. The van der Waals surface area contributed by atoms with Crippen molar-refractivity contribution >= 4 is 23.2 Å². The fraction of sp³-hybridized carbons (Fsp3) is 0.273. The molecular formula is C11H11Cl2FO2. The largest absolute Gasteiger partial charge is 0.485 e. The number of aliphatic hydroxyl groups is 1. The van der Waals surface area contributed by atoms with Crippen LogP contribution in [0.15, 0.2) is 28.8 Å². The second-order valence-corrected chi connectivity index (χ2v) is 3.91. The monoisotopic (exact) mass is 264 g/mol. The average Bonchev–Trinajstić information content (AvgIpc) is 2.26. The first-order valence-corrected chi connectivity index (χ1v) is 5.41. The second-order valence-electron chi connectivity index (χ2n) is 3.21. The highest BCUT2D eigenvalue weighted by atomic mass is 35.5. The van der Waals surface area contributed by atoms with E-state index < -0.39 is 11.9 Å². The summed E-state index contributed by atoms with van der Waals surface area (Å²) in [5.74, 6) is -0.474. The molecule has 1 N–H and O–H groups in total. The molecule has 0 aliphatic rings. The predicted molar refractivity (Wildman–Crippen MR) is 62.3 cm³/mol. The number of halogens is 3. The van der Waals surface area contributed by atoms with Gasteiger partial charge in [-0.1, -0.05) is 29.3 Å². The molecular weight excluding hydrogens is 254 g/mol. The van der Waals surface area contributed by atoms with Crippen LogP contribution >= 0.6 is 23.2 Å². The molecule has 0 radical (unpaired) electrons. The zero-order valence-corrected chi connectivity index (χ0v) is 10.1. The minimum atomic E-state index is -0.713. The van der Waals surface area contributed by atoms with E-state index in [1.807, 2.05) is 0 Å². The smallest absolute Gasteiger partial charge is 0.165 e. The summed E-state index contributed by atoms with van der Waals surface area (Å²) in [6.07, 6.45) is -0.713. The number of hydrogen-bond donors (Lipinski definition) is 1. The normalized spacial score (nSPS) is 13.7. The molecule has 0 fully saturated rings. The Kier molecular flexibility index (Phi) is 5.06. The maximum atomic E-state index is 13.4. The zero-order chi connectivity index (χ0) is 12.1. The van der Waals surface area contributed by atoms with Crippen LogP contribution in [0.25, 0.3) is 0 Å². The molecule has 0 aromatic heterocycles. The third-order valence-electron chi connectivity index (χ3n) is 1.92. The number of benzene rings is 1. The molecule has 0 heterocycles. The van der Waals surface area contributed by atoms with Gasteiger partial charge < -0.3 is 9.84 Å². The molecule has 1 atom stereocenters. The van der Waals surface area contributed by atoms with Crippen molar-refractivity contribution in [3.63, 3.8) is 0 Å². The molecule has 0 aliphatic heterocycles. The summed E-state index contributed by atoms with van der Waals surface area (Å²) in [6, 6.07) is 4.25. The lowest BCUT2D eigenvalue weighted by Gasteiger charge is -2.09. The van der Waals surface area contributed by atoms with Gasteiger partial charge in [0.15, 0.2) is 11.6 Å². The molecule has 0 aliphatic carbocycles. The van der Waals surface area contributed by atoms with E-state index in [0.29, 0.717) is 5.56 Å². The Hall–Kier alpha value is -0.770. The van der Waals surface area contributed by atoms with Crippen molar-refractivity contribution < 1.29 is 14.2 Å². The van der Waals surface area contributed by atoms with E-state index in [1.54, 1.807) is 13.0 Å². The Morgan fingerprint density at radius 2 is 2.31 bits per heavy atom. The van der Waals surface area contributed by atoms with Crippen molar-refractivity contribution in [1.29, 1.82) is 0 Å². The van der Waals surface area contributed by atoms with Crippen LogP contribution in [0.2, 0.25) is 0 Å². The molecule has 5 heteroatoms. The summed E-state index contributed by atoms with van der Waals surface area (Å²) >= 11 is 10.9. The van der Waals surface area contributed by atoms with Crippen molar-refractivity contribution in [2.24, 2.45) is 0 Å². The van der Waals surface area contributed by atoms with E-state index in [1.165, 1.54) is 12.1 Å². The molecule has 1 aromatic rings. The number of aliphatic hydroxyl groups excluding tert-OH is 1. The van der Waals surface area contributed by atoms with E-state index in [9.17, 15) is 9.50 Å². The van der Waals surface area contributed by atoms with Gasteiger partial charge in [-0.15, -0.1) is 0 Å². The average molecular weight is 265 g/mol. The highest BCUT2D eigenvalue weighted by Crippen LogP contribution is 2.22. The fourth-order valence-corrected chi connectivity index (χ4v) is 1.19.